The van der Waals surface area contributed by atoms with Crippen molar-refractivity contribution in [3.63, 3.8) is 0 Å². The number of rotatable bonds is 5. The van der Waals surface area contributed by atoms with Gasteiger partial charge in [-0.2, -0.15) is 0 Å². The van der Waals surface area contributed by atoms with Crippen LogP contribution in [0.1, 0.15) is 17.5 Å². The predicted molar refractivity (Wildman–Crippen MR) is 44.3 cm³/mol. The number of nitrogens with two attached hydrogens (primary N) is 1. The van der Waals surface area contributed by atoms with E-state index >= 15 is 0 Å². The van der Waals surface area contributed by atoms with Crippen LogP contribution in [0.2, 0.25) is 0 Å². The first-order valence-corrected chi connectivity index (χ1v) is 4.83. The van der Waals surface area contributed by atoms with E-state index in [1.807, 2.05) is 6.92 Å². The molecule has 0 amide bonds. The fourth-order valence-corrected chi connectivity index (χ4v) is 1.66. The molecule has 0 aromatic heterocycles. The van der Waals surface area contributed by atoms with E-state index in [1.165, 1.54) is 21.6 Å². The minimum atomic E-state index is -1.61. The van der Waals surface area contributed by atoms with Gasteiger partial charge in [0.25, 0.3) is 0 Å². The van der Waals surface area contributed by atoms with Crippen LogP contribution < -0.4 is 5.73 Å². The van der Waals surface area contributed by atoms with E-state index in [0.717, 1.165) is 6.42 Å². The molecule has 1 unspecified atom stereocenters. The van der Waals surface area contributed by atoms with Crippen molar-refractivity contribution in [1.82, 2.24) is 0 Å². The zero-order valence-corrected chi connectivity index (χ0v) is 6.52. The lowest BCUT2D eigenvalue weighted by Crippen LogP contribution is -1.99. The van der Waals surface area contributed by atoms with Gasteiger partial charge in [0, 0.05) is 22.1 Å². The largest absolute Gasteiger partial charge is 0.330 e. The van der Waals surface area contributed by atoms with E-state index in [1.54, 1.807) is 0 Å². The molecule has 0 radical (unpaired) electrons. The summed E-state index contributed by atoms with van der Waals surface area (Å²) >= 11 is 0. The Kier molecular flexibility index (Phi) is 4.28. The Morgan fingerprint density at radius 1 is 1.62 bits per heavy atom. The van der Waals surface area contributed by atoms with Crippen molar-refractivity contribution < 1.29 is 4.11 Å². The molecular formula is C5H13NS2. The second-order valence-corrected chi connectivity index (χ2v) is 3.47. The summed E-state index contributed by atoms with van der Waals surface area (Å²) in [5.74, 6) is 0.243. The molecular weight excluding hydrogens is 138 g/mol. The maximum absolute atomic E-state index is 7.31. The molecule has 0 heterocycles. The molecule has 1 atom stereocenters. The van der Waals surface area contributed by atoms with Gasteiger partial charge in [0.1, 0.15) is 0 Å². The summed E-state index contributed by atoms with van der Waals surface area (Å²) in [7, 11) is 2.69. The van der Waals surface area contributed by atoms with E-state index in [-0.39, 0.29) is 11.5 Å². The van der Waals surface area contributed by atoms with Gasteiger partial charge in [-0.05, 0) is 6.42 Å². The lowest BCUT2D eigenvalue weighted by Gasteiger charge is -1.93. The van der Waals surface area contributed by atoms with Crippen LogP contribution in [-0.4, -0.2) is 18.0 Å². The van der Waals surface area contributed by atoms with E-state index in [9.17, 15) is 0 Å². The molecule has 0 saturated heterocycles. The summed E-state index contributed by atoms with van der Waals surface area (Å²) in [6.45, 7) is 0.327. The van der Waals surface area contributed by atoms with Crippen LogP contribution in [0.4, 0.5) is 0 Å². The standard InChI is InChI=1S/C5H13NS2/c1-2-4-7-8-5-3-6/h2-6H2,1H3/i3D2,4D. The third-order valence-corrected chi connectivity index (χ3v) is 2.51. The molecule has 2 N–H and O–H groups in total. The molecule has 50 valence electrons. The van der Waals surface area contributed by atoms with Crippen LogP contribution in [0.3, 0.4) is 0 Å². The lowest BCUT2D eigenvalue weighted by molar-refractivity contribution is 1.11. The number of hydrogen-bond acceptors (Lipinski definition) is 3. The van der Waals surface area contributed by atoms with Gasteiger partial charge in [0.2, 0.25) is 0 Å². The van der Waals surface area contributed by atoms with Crippen LogP contribution in [-0.2, 0) is 0 Å². The summed E-state index contributed by atoms with van der Waals surface area (Å²) in [5.41, 5.74) is 4.94. The highest BCUT2D eigenvalue weighted by Gasteiger charge is 1.83. The van der Waals surface area contributed by atoms with Gasteiger partial charge in [0.15, 0.2) is 0 Å². The first-order chi connectivity index (χ1) is 4.95. The first-order valence-electron chi connectivity index (χ1n) is 4.03. The van der Waals surface area contributed by atoms with Crippen molar-refractivity contribution in [2.75, 3.05) is 18.0 Å². The van der Waals surface area contributed by atoms with Crippen LogP contribution in [0.15, 0.2) is 0 Å². The molecule has 0 saturated carbocycles. The molecule has 8 heavy (non-hydrogen) atoms. The molecule has 0 aromatic rings. The Balaban J connectivity index is 3.28. The summed E-state index contributed by atoms with van der Waals surface area (Å²) in [6, 6.07) is 0. The fourth-order valence-electron chi connectivity index (χ4n) is 0.184. The van der Waals surface area contributed by atoms with E-state index in [0.29, 0.717) is 0 Å². The summed E-state index contributed by atoms with van der Waals surface area (Å²) in [6.07, 6.45) is 0.783. The zero-order chi connectivity index (χ0) is 8.91. The minimum absolute atomic E-state index is 0.164. The van der Waals surface area contributed by atoms with Gasteiger partial charge in [-0.25, -0.2) is 0 Å². The first kappa shape index (κ1) is 4.47. The maximum Gasteiger partial charge on any atom is 0.0434 e. The quantitative estimate of drug-likeness (QED) is 0.611. The van der Waals surface area contributed by atoms with Gasteiger partial charge in [-0.3, -0.25) is 0 Å². The van der Waals surface area contributed by atoms with Crippen molar-refractivity contribution in [2.24, 2.45) is 5.73 Å². The van der Waals surface area contributed by atoms with E-state index < -0.39 is 6.50 Å². The van der Waals surface area contributed by atoms with E-state index in [2.05, 4.69) is 0 Å². The summed E-state index contributed by atoms with van der Waals surface area (Å²) < 4.78 is 21.3. The molecule has 3 heteroatoms. The van der Waals surface area contributed by atoms with Crippen LogP contribution >= 0.6 is 21.6 Å². The van der Waals surface area contributed by atoms with E-state index in [4.69, 9.17) is 9.85 Å². The highest BCUT2D eigenvalue weighted by molar-refractivity contribution is 8.76. The highest BCUT2D eigenvalue weighted by atomic mass is 33.1. The Morgan fingerprint density at radius 3 is 2.88 bits per heavy atom. The van der Waals surface area contributed by atoms with Gasteiger partial charge in [-0.1, -0.05) is 28.5 Å². The Labute approximate surface area is 63.4 Å². The Bertz CT molecular complexity index is 106. The SMILES string of the molecule is [2H]C(CC)SSCC([2H])([2H])N. The van der Waals surface area contributed by atoms with Crippen molar-refractivity contribution in [2.45, 2.75) is 13.3 Å². The average molecular weight is 154 g/mol. The van der Waals surface area contributed by atoms with Gasteiger partial charge >= 0.3 is 0 Å². The molecule has 1 nitrogen and oxygen atoms in total. The van der Waals surface area contributed by atoms with Crippen LogP contribution in [0, 0.1) is 0 Å². The monoisotopic (exact) mass is 154 g/mol. The molecule has 0 aliphatic heterocycles. The topological polar surface area (TPSA) is 26.0 Å². The summed E-state index contributed by atoms with van der Waals surface area (Å²) in [4.78, 5) is 0. The van der Waals surface area contributed by atoms with Crippen molar-refractivity contribution in [3.8, 4) is 0 Å². The average Bonchev–Trinajstić information content (AvgIpc) is 1.85. The number of hydrogen-bond donors (Lipinski definition) is 1. The molecule has 0 rings (SSSR count). The molecule has 0 aromatic carbocycles. The van der Waals surface area contributed by atoms with Crippen LogP contribution in [0.25, 0.3) is 0 Å². The third kappa shape index (κ3) is 6.66. The highest BCUT2D eigenvalue weighted by Crippen LogP contribution is 2.20. The maximum atomic E-state index is 7.31. The minimum Gasteiger partial charge on any atom is -0.330 e. The van der Waals surface area contributed by atoms with Crippen LogP contribution in [0.5, 0.6) is 0 Å². The lowest BCUT2D eigenvalue weighted by atomic mass is 10.6. The molecule has 0 spiro atoms. The molecule has 0 bridgehead atoms. The summed E-state index contributed by atoms with van der Waals surface area (Å²) in [5, 5.41) is 0. The Hall–Kier alpha value is 0.660. The molecule has 0 aliphatic carbocycles. The van der Waals surface area contributed by atoms with Gasteiger partial charge in [0.05, 0.1) is 0 Å². The third-order valence-electron chi connectivity index (χ3n) is 0.445. The van der Waals surface area contributed by atoms with Crippen molar-refractivity contribution in [3.05, 3.63) is 0 Å². The second-order valence-electron chi connectivity index (χ2n) is 1.14. The van der Waals surface area contributed by atoms with Crippen molar-refractivity contribution >= 4 is 21.6 Å². The second kappa shape index (κ2) is 7.66. The zero-order valence-electron chi connectivity index (χ0n) is 7.89. The molecule has 0 fully saturated rings. The smallest absolute Gasteiger partial charge is 0.0434 e. The Morgan fingerprint density at radius 2 is 2.38 bits per heavy atom. The predicted octanol–water partition coefficient (Wildman–Crippen LogP) is 1.74. The fraction of sp³-hybridized carbons (Fsp3) is 1.00. The van der Waals surface area contributed by atoms with Gasteiger partial charge in [-0.15, -0.1) is 0 Å². The van der Waals surface area contributed by atoms with Crippen molar-refractivity contribution in [1.29, 1.82) is 0 Å². The van der Waals surface area contributed by atoms with Gasteiger partial charge < -0.3 is 5.73 Å². The molecule has 0 aliphatic rings. The normalized spacial score (nSPS) is 21.0.